The van der Waals surface area contributed by atoms with Crippen LogP contribution in [0.2, 0.25) is 0 Å². The van der Waals surface area contributed by atoms with E-state index in [-0.39, 0.29) is 5.91 Å². The second-order valence-electron chi connectivity index (χ2n) is 6.05. The molecule has 0 unspecified atom stereocenters. The third-order valence-corrected chi connectivity index (χ3v) is 4.65. The van der Waals surface area contributed by atoms with Crippen LogP contribution in [-0.4, -0.2) is 53.5 Å². The number of anilines is 2. The fourth-order valence-electron chi connectivity index (χ4n) is 2.62. The van der Waals surface area contributed by atoms with Crippen molar-refractivity contribution in [3.05, 3.63) is 46.8 Å². The van der Waals surface area contributed by atoms with Crippen molar-refractivity contribution in [3.63, 3.8) is 0 Å². The minimum Gasteiger partial charge on any atom is -0.353 e. The van der Waals surface area contributed by atoms with Crippen LogP contribution in [0.25, 0.3) is 0 Å². The highest BCUT2D eigenvalue weighted by Crippen LogP contribution is 2.21. The van der Waals surface area contributed by atoms with E-state index in [4.69, 9.17) is 0 Å². The molecule has 0 bridgehead atoms. The molecule has 7 heteroatoms. The van der Waals surface area contributed by atoms with Gasteiger partial charge in [-0.05, 0) is 38.2 Å². The fourth-order valence-corrected chi connectivity index (χ4v) is 2.89. The number of nitrogens with one attached hydrogen (secondary N) is 1. The number of benzene rings is 1. The van der Waals surface area contributed by atoms with Crippen LogP contribution in [0, 0.1) is 6.92 Å². The molecule has 2 aromatic rings. The number of halogens is 1. The van der Waals surface area contributed by atoms with Gasteiger partial charge in [0, 0.05) is 41.1 Å². The summed E-state index contributed by atoms with van der Waals surface area (Å²) in [5, 5.41) is 2.92. The van der Waals surface area contributed by atoms with Crippen molar-refractivity contribution in [1.29, 1.82) is 0 Å². The lowest BCUT2D eigenvalue weighted by atomic mass is 10.1. The van der Waals surface area contributed by atoms with Crippen molar-refractivity contribution in [3.8, 4) is 0 Å². The number of carbonyl (C=O) groups excluding carboxylic acids is 1. The van der Waals surface area contributed by atoms with Crippen molar-refractivity contribution >= 4 is 33.3 Å². The van der Waals surface area contributed by atoms with Crippen LogP contribution in [0.5, 0.6) is 0 Å². The number of nitrogens with zero attached hydrogens (tertiary/aromatic N) is 4. The Hall–Kier alpha value is -1.99. The standard InChI is InChI=1S/C17H20BrN5O/c1-12-7-16(20-11-19-12)23-8-15(9-23)22(2)10-17(24)21-14-5-3-13(18)4-6-14/h3-7,11,15H,8-10H2,1-2H3,(H,21,24). The van der Waals surface area contributed by atoms with Crippen LogP contribution in [0.15, 0.2) is 41.1 Å². The van der Waals surface area contributed by atoms with Crippen LogP contribution < -0.4 is 10.2 Å². The Morgan fingerprint density at radius 1 is 1.33 bits per heavy atom. The van der Waals surface area contributed by atoms with Gasteiger partial charge in [0.2, 0.25) is 5.91 Å². The van der Waals surface area contributed by atoms with Gasteiger partial charge >= 0.3 is 0 Å². The van der Waals surface area contributed by atoms with E-state index in [1.165, 1.54) is 0 Å². The normalized spacial score (nSPS) is 14.6. The van der Waals surface area contributed by atoms with Crippen molar-refractivity contribution in [1.82, 2.24) is 14.9 Å². The van der Waals surface area contributed by atoms with E-state index in [9.17, 15) is 4.79 Å². The van der Waals surface area contributed by atoms with Gasteiger partial charge in [-0.3, -0.25) is 9.69 Å². The van der Waals surface area contributed by atoms with Gasteiger partial charge in [-0.15, -0.1) is 0 Å². The molecule has 0 saturated carbocycles. The minimum absolute atomic E-state index is 0.00356. The summed E-state index contributed by atoms with van der Waals surface area (Å²) in [5.41, 5.74) is 1.77. The Labute approximate surface area is 150 Å². The van der Waals surface area contributed by atoms with Crippen molar-refractivity contribution in [2.75, 3.05) is 36.9 Å². The maximum atomic E-state index is 12.1. The van der Waals surface area contributed by atoms with Crippen LogP contribution in [0.3, 0.4) is 0 Å². The van der Waals surface area contributed by atoms with Gasteiger partial charge in [0.1, 0.15) is 12.1 Å². The number of carbonyl (C=O) groups is 1. The molecule has 126 valence electrons. The third kappa shape index (κ3) is 4.10. The molecule has 2 heterocycles. The first-order chi connectivity index (χ1) is 11.5. The van der Waals surface area contributed by atoms with E-state index in [1.807, 2.05) is 44.3 Å². The van der Waals surface area contributed by atoms with Crippen molar-refractivity contribution < 1.29 is 4.79 Å². The van der Waals surface area contributed by atoms with E-state index in [1.54, 1.807) is 6.33 Å². The second-order valence-corrected chi connectivity index (χ2v) is 6.96. The molecule has 24 heavy (non-hydrogen) atoms. The SMILES string of the molecule is Cc1cc(N2CC(N(C)CC(=O)Nc3ccc(Br)cc3)C2)ncn1. The summed E-state index contributed by atoms with van der Waals surface area (Å²) < 4.78 is 0.993. The molecule has 1 fully saturated rings. The second kappa shape index (κ2) is 7.27. The third-order valence-electron chi connectivity index (χ3n) is 4.12. The van der Waals surface area contributed by atoms with Gasteiger partial charge in [-0.2, -0.15) is 0 Å². The predicted molar refractivity (Wildman–Crippen MR) is 98.2 cm³/mol. The number of hydrogen-bond donors (Lipinski definition) is 1. The van der Waals surface area contributed by atoms with Crippen LogP contribution in [0.4, 0.5) is 11.5 Å². The first kappa shape index (κ1) is 16.9. The lowest BCUT2D eigenvalue weighted by Crippen LogP contribution is -2.59. The minimum atomic E-state index is -0.00356. The maximum Gasteiger partial charge on any atom is 0.238 e. The highest BCUT2D eigenvalue weighted by molar-refractivity contribution is 9.10. The van der Waals surface area contributed by atoms with Gasteiger partial charge in [0.15, 0.2) is 0 Å². The van der Waals surface area contributed by atoms with Crippen molar-refractivity contribution in [2.24, 2.45) is 0 Å². The molecule has 0 aliphatic carbocycles. The summed E-state index contributed by atoms with van der Waals surface area (Å²) >= 11 is 3.38. The Kier molecular flexibility index (Phi) is 5.11. The number of likely N-dealkylation sites (N-methyl/N-ethyl adjacent to an activating group) is 1. The molecular weight excluding hydrogens is 370 g/mol. The van der Waals surface area contributed by atoms with E-state index in [2.05, 4.69) is 41.0 Å². The Morgan fingerprint density at radius 3 is 2.71 bits per heavy atom. The number of amides is 1. The zero-order valence-corrected chi connectivity index (χ0v) is 15.3. The lowest BCUT2D eigenvalue weighted by molar-refractivity contribution is -0.117. The van der Waals surface area contributed by atoms with Gasteiger partial charge in [-0.25, -0.2) is 9.97 Å². The highest BCUT2D eigenvalue weighted by atomic mass is 79.9. The van der Waals surface area contributed by atoms with E-state index < -0.39 is 0 Å². The zero-order valence-electron chi connectivity index (χ0n) is 13.7. The van der Waals surface area contributed by atoms with Crippen LogP contribution in [0.1, 0.15) is 5.69 Å². The fraction of sp³-hybridized carbons (Fsp3) is 0.353. The average molecular weight is 390 g/mol. The summed E-state index contributed by atoms with van der Waals surface area (Å²) in [4.78, 5) is 24.8. The molecule has 1 aliphatic heterocycles. The molecule has 1 N–H and O–H groups in total. The van der Waals surface area contributed by atoms with Crippen LogP contribution >= 0.6 is 15.9 Å². The molecular formula is C17H20BrN5O. The topological polar surface area (TPSA) is 61.4 Å². The summed E-state index contributed by atoms with van der Waals surface area (Å²) in [7, 11) is 1.98. The quantitative estimate of drug-likeness (QED) is 0.849. The highest BCUT2D eigenvalue weighted by Gasteiger charge is 2.31. The largest absolute Gasteiger partial charge is 0.353 e. The molecule has 0 atom stereocenters. The predicted octanol–water partition coefficient (Wildman–Crippen LogP) is 2.31. The van der Waals surface area contributed by atoms with E-state index in [0.29, 0.717) is 12.6 Å². The molecule has 1 amide bonds. The van der Waals surface area contributed by atoms with Gasteiger partial charge in [0.05, 0.1) is 6.54 Å². The number of aromatic nitrogens is 2. The van der Waals surface area contributed by atoms with E-state index >= 15 is 0 Å². The smallest absolute Gasteiger partial charge is 0.238 e. The number of aryl methyl sites for hydroxylation is 1. The molecule has 1 saturated heterocycles. The number of hydrogen-bond acceptors (Lipinski definition) is 5. The molecule has 6 nitrogen and oxygen atoms in total. The molecule has 3 rings (SSSR count). The van der Waals surface area contributed by atoms with Gasteiger partial charge in [-0.1, -0.05) is 15.9 Å². The van der Waals surface area contributed by atoms with Gasteiger partial charge < -0.3 is 10.2 Å². The van der Waals surface area contributed by atoms with Crippen LogP contribution in [-0.2, 0) is 4.79 Å². The summed E-state index contributed by atoms with van der Waals surface area (Å²) in [5.74, 6) is 0.947. The molecule has 0 spiro atoms. The van der Waals surface area contributed by atoms with Gasteiger partial charge in [0.25, 0.3) is 0 Å². The average Bonchev–Trinajstić information content (AvgIpc) is 2.48. The zero-order chi connectivity index (χ0) is 17.1. The Balaban J connectivity index is 1.47. The summed E-state index contributed by atoms with van der Waals surface area (Å²) in [6, 6.07) is 9.92. The molecule has 1 aromatic heterocycles. The summed E-state index contributed by atoms with van der Waals surface area (Å²) in [6.45, 7) is 4.08. The molecule has 0 radical (unpaired) electrons. The molecule has 1 aliphatic rings. The Morgan fingerprint density at radius 2 is 2.04 bits per heavy atom. The monoisotopic (exact) mass is 389 g/mol. The first-order valence-corrected chi connectivity index (χ1v) is 8.60. The van der Waals surface area contributed by atoms with E-state index in [0.717, 1.165) is 34.8 Å². The Bertz CT molecular complexity index is 715. The lowest BCUT2D eigenvalue weighted by Gasteiger charge is -2.44. The maximum absolute atomic E-state index is 12.1. The summed E-state index contributed by atoms with van der Waals surface area (Å²) in [6.07, 6.45) is 1.59. The number of rotatable bonds is 5. The first-order valence-electron chi connectivity index (χ1n) is 7.80. The molecule has 1 aromatic carbocycles. The van der Waals surface area contributed by atoms with Crippen molar-refractivity contribution in [2.45, 2.75) is 13.0 Å².